The molecule has 2 aromatic heterocycles. The lowest BCUT2D eigenvalue weighted by atomic mass is 9.92. The van der Waals surface area contributed by atoms with Crippen LogP contribution in [-0.4, -0.2) is 53.0 Å². The van der Waals surface area contributed by atoms with Crippen molar-refractivity contribution in [3.05, 3.63) is 60.7 Å². The SMILES string of the molecule is CCCCCCCCCOP(=O)(O)NC(C(=O)OC(Cn1cncn1)(Cn1cncn1)c1ccc(F)cc1F)C(C)C. The van der Waals surface area contributed by atoms with E-state index in [1.165, 1.54) is 47.2 Å². The number of unbranched alkanes of at least 4 members (excludes halogenated alkanes) is 6. The van der Waals surface area contributed by atoms with Crippen LogP contribution in [0.3, 0.4) is 0 Å². The Morgan fingerprint density at radius 2 is 1.62 bits per heavy atom. The minimum Gasteiger partial charge on any atom is -0.449 e. The molecular weight excluding hydrogens is 571 g/mol. The molecule has 0 amide bonds. The van der Waals surface area contributed by atoms with Crippen LogP contribution in [-0.2, 0) is 37.3 Å². The molecule has 15 heteroatoms. The first-order valence-corrected chi connectivity index (χ1v) is 15.7. The van der Waals surface area contributed by atoms with Crippen LogP contribution in [0.5, 0.6) is 0 Å². The summed E-state index contributed by atoms with van der Waals surface area (Å²) in [5, 5.41) is 10.6. The molecule has 0 aliphatic carbocycles. The van der Waals surface area contributed by atoms with Crippen molar-refractivity contribution in [3.63, 3.8) is 0 Å². The molecule has 3 aromatic rings. The van der Waals surface area contributed by atoms with Gasteiger partial charge in [-0.3, -0.25) is 9.32 Å². The van der Waals surface area contributed by atoms with Gasteiger partial charge in [-0.15, -0.1) is 0 Å². The van der Waals surface area contributed by atoms with Crippen LogP contribution in [0.15, 0.2) is 43.5 Å². The first-order chi connectivity index (χ1) is 20.0. The molecule has 12 nitrogen and oxygen atoms in total. The molecule has 1 aromatic carbocycles. The number of rotatable bonds is 19. The minimum atomic E-state index is -4.42. The second-order valence-electron chi connectivity index (χ2n) is 10.6. The van der Waals surface area contributed by atoms with Crippen LogP contribution in [0.4, 0.5) is 8.78 Å². The van der Waals surface area contributed by atoms with Gasteiger partial charge in [-0.2, -0.15) is 10.2 Å². The maximum atomic E-state index is 15.3. The van der Waals surface area contributed by atoms with E-state index in [-0.39, 0.29) is 25.3 Å². The Morgan fingerprint density at radius 3 is 2.14 bits per heavy atom. The summed E-state index contributed by atoms with van der Waals surface area (Å²) in [7, 11) is -4.42. The fourth-order valence-electron chi connectivity index (χ4n) is 4.54. The monoisotopic (exact) mass is 611 g/mol. The molecule has 0 saturated carbocycles. The Morgan fingerprint density at radius 1 is 1.02 bits per heavy atom. The van der Waals surface area contributed by atoms with E-state index < -0.39 is 42.9 Å². The van der Waals surface area contributed by atoms with E-state index in [1.807, 2.05) is 0 Å². The van der Waals surface area contributed by atoms with E-state index in [4.69, 9.17) is 9.26 Å². The molecule has 0 bridgehead atoms. The molecule has 2 atom stereocenters. The lowest BCUT2D eigenvalue weighted by Crippen LogP contribution is -2.48. The number of halogens is 2. The van der Waals surface area contributed by atoms with E-state index in [0.717, 1.165) is 38.2 Å². The smallest absolute Gasteiger partial charge is 0.403 e. The largest absolute Gasteiger partial charge is 0.449 e. The van der Waals surface area contributed by atoms with Gasteiger partial charge in [0, 0.05) is 11.6 Å². The van der Waals surface area contributed by atoms with Gasteiger partial charge in [-0.25, -0.2) is 37.8 Å². The summed E-state index contributed by atoms with van der Waals surface area (Å²) in [6, 6.07) is 1.58. The van der Waals surface area contributed by atoms with Crippen LogP contribution in [0.1, 0.15) is 71.3 Å². The number of nitrogens with zero attached hydrogens (tertiary/aromatic N) is 6. The van der Waals surface area contributed by atoms with Crippen molar-refractivity contribution in [2.45, 2.75) is 90.4 Å². The van der Waals surface area contributed by atoms with Crippen molar-refractivity contribution in [1.29, 1.82) is 0 Å². The highest BCUT2D eigenvalue weighted by atomic mass is 31.2. The third-order valence-corrected chi connectivity index (χ3v) is 7.86. The van der Waals surface area contributed by atoms with E-state index in [9.17, 15) is 18.6 Å². The highest BCUT2D eigenvalue weighted by molar-refractivity contribution is 7.50. The van der Waals surface area contributed by atoms with Gasteiger partial charge >= 0.3 is 13.7 Å². The summed E-state index contributed by atoms with van der Waals surface area (Å²) < 4.78 is 56.1. The second kappa shape index (κ2) is 16.0. The van der Waals surface area contributed by atoms with Crippen LogP contribution in [0.2, 0.25) is 0 Å². The number of carbonyl (C=O) groups excluding carboxylic acids is 1. The first kappa shape index (κ1) is 33.4. The van der Waals surface area contributed by atoms with Gasteiger partial charge in [-0.05, 0) is 24.5 Å². The summed E-state index contributed by atoms with van der Waals surface area (Å²) in [6.45, 7) is 5.02. The Hall–Kier alpha value is -3.06. The molecule has 0 aliphatic rings. The van der Waals surface area contributed by atoms with Gasteiger partial charge < -0.3 is 9.63 Å². The van der Waals surface area contributed by atoms with Crippen LogP contribution < -0.4 is 5.09 Å². The molecule has 2 unspecified atom stereocenters. The Bertz CT molecular complexity index is 1240. The summed E-state index contributed by atoms with van der Waals surface area (Å²) in [4.78, 5) is 32.1. The molecule has 0 spiro atoms. The fourth-order valence-corrected chi connectivity index (χ4v) is 5.75. The van der Waals surface area contributed by atoms with E-state index in [2.05, 4.69) is 32.2 Å². The van der Waals surface area contributed by atoms with E-state index in [0.29, 0.717) is 12.5 Å². The van der Waals surface area contributed by atoms with Gasteiger partial charge in [-0.1, -0.05) is 59.3 Å². The zero-order valence-electron chi connectivity index (χ0n) is 24.2. The zero-order chi connectivity index (χ0) is 30.6. The Labute approximate surface area is 244 Å². The Balaban J connectivity index is 1.82. The number of hydrogen-bond donors (Lipinski definition) is 2. The van der Waals surface area contributed by atoms with Crippen molar-refractivity contribution >= 4 is 13.7 Å². The quantitative estimate of drug-likeness (QED) is 0.110. The predicted molar refractivity (Wildman–Crippen MR) is 150 cm³/mol. The molecule has 0 saturated heterocycles. The standard InChI is InChI=1S/C27H40F2N7O5P/c1-4-5-6-7-8-9-10-13-40-42(38,39)34-25(21(2)3)26(37)41-27(15-35-19-30-17-32-35,16-36-20-31-18-33-36)23-12-11-22(28)14-24(23)29/h11-12,14,17-21,25H,4-10,13,15-16H2,1-3H3,(H2,34,38,39). The van der Waals surface area contributed by atoms with Gasteiger partial charge in [0.2, 0.25) is 0 Å². The number of ether oxygens (including phenoxy) is 1. The van der Waals surface area contributed by atoms with Gasteiger partial charge in [0.05, 0.1) is 19.7 Å². The van der Waals surface area contributed by atoms with Crippen molar-refractivity contribution in [3.8, 4) is 0 Å². The van der Waals surface area contributed by atoms with Crippen molar-refractivity contribution in [2.24, 2.45) is 5.92 Å². The minimum absolute atomic E-state index is 0.0394. The normalized spacial score (nSPS) is 14.2. The van der Waals surface area contributed by atoms with Gasteiger partial charge in [0.15, 0.2) is 5.60 Å². The zero-order valence-corrected chi connectivity index (χ0v) is 25.1. The highest BCUT2D eigenvalue weighted by Gasteiger charge is 2.44. The molecule has 0 aliphatic heterocycles. The summed E-state index contributed by atoms with van der Waals surface area (Å²) in [5.74, 6) is -3.28. The summed E-state index contributed by atoms with van der Waals surface area (Å²) >= 11 is 0. The topological polar surface area (TPSA) is 146 Å². The van der Waals surface area contributed by atoms with Crippen LogP contribution >= 0.6 is 7.75 Å². The third kappa shape index (κ3) is 10.0. The molecule has 0 fully saturated rings. The van der Waals surface area contributed by atoms with E-state index in [1.54, 1.807) is 13.8 Å². The number of carbonyl (C=O) groups is 1. The number of esters is 1. The number of nitrogens with one attached hydrogen (secondary N) is 1. The van der Waals surface area contributed by atoms with Gasteiger partial charge in [0.25, 0.3) is 0 Å². The second-order valence-corrected chi connectivity index (χ2v) is 12.1. The highest BCUT2D eigenvalue weighted by Crippen LogP contribution is 2.40. The third-order valence-electron chi connectivity index (χ3n) is 6.72. The van der Waals surface area contributed by atoms with Crippen molar-refractivity contribution in [2.75, 3.05) is 6.61 Å². The average molecular weight is 612 g/mol. The van der Waals surface area contributed by atoms with Crippen LogP contribution in [0.25, 0.3) is 0 Å². The maximum Gasteiger partial charge on any atom is 0.403 e. The molecular formula is C27H40F2N7O5P. The molecule has 2 N–H and O–H groups in total. The number of hydrogen-bond acceptors (Lipinski definition) is 8. The molecule has 232 valence electrons. The molecule has 0 radical (unpaired) electrons. The summed E-state index contributed by atoms with van der Waals surface area (Å²) in [6.07, 6.45) is 12.3. The molecule has 2 heterocycles. The summed E-state index contributed by atoms with van der Waals surface area (Å²) in [5.41, 5.74) is -2.00. The van der Waals surface area contributed by atoms with Crippen molar-refractivity contribution < 1.29 is 32.3 Å². The van der Waals surface area contributed by atoms with Gasteiger partial charge in [0.1, 0.15) is 43.0 Å². The maximum absolute atomic E-state index is 15.3. The first-order valence-electron chi connectivity index (χ1n) is 14.1. The molecule has 42 heavy (non-hydrogen) atoms. The number of benzene rings is 1. The van der Waals surface area contributed by atoms with Crippen molar-refractivity contribution in [1.82, 2.24) is 34.6 Å². The van der Waals surface area contributed by atoms with Crippen LogP contribution in [0, 0.1) is 17.6 Å². The average Bonchev–Trinajstić information content (AvgIpc) is 3.63. The Kier molecular flexibility index (Phi) is 12.7. The molecule has 3 rings (SSSR count). The number of aromatic nitrogens is 6. The van der Waals surface area contributed by atoms with E-state index >= 15 is 4.39 Å². The lowest BCUT2D eigenvalue weighted by Gasteiger charge is -2.36. The lowest BCUT2D eigenvalue weighted by molar-refractivity contribution is -0.169. The fraction of sp³-hybridized carbons (Fsp3) is 0.593. The predicted octanol–water partition coefficient (Wildman–Crippen LogP) is 4.77.